The second kappa shape index (κ2) is 5.83. The fourth-order valence-electron chi connectivity index (χ4n) is 1.75. The van der Waals surface area contributed by atoms with Crippen molar-refractivity contribution in [1.82, 2.24) is 4.90 Å². The summed E-state index contributed by atoms with van der Waals surface area (Å²) in [6, 6.07) is 9.68. The van der Waals surface area contributed by atoms with Gasteiger partial charge in [-0.15, -0.1) is 11.3 Å². The first kappa shape index (κ1) is 14.2. The SMILES string of the molecule is CN(CC(N)=O)C(=O)c1ccc(-c2ccccc2F)s1. The molecule has 104 valence electrons. The summed E-state index contributed by atoms with van der Waals surface area (Å²) >= 11 is 1.18. The molecular weight excluding hydrogens is 279 g/mol. The van der Waals surface area contributed by atoms with E-state index in [-0.39, 0.29) is 18.3 Å². The standard InChI is InChI=1S/C14H13FN2O2S/c1-17(8-13(16)18)14(19)12-7-6-11(20-12)9-4-2-3-5-10(9)15/h2-7H,8H2,1H3,(H2,16,18). The first-order chi connectivity index (χ1) is 9.49. The summed E-state index contributed by atoms with van der Waals surface area (Å²) in [4.78, 5) is 25.2. The van der Waals surface area contributed by atoms with E-state index >= 15 is 0 Å². The van der Waals surface area contributed by atoms with Crippen LogP contribution in [0.5, 0.6) is 0 Å². The number of hydrogen-bond acceptors (Lipinski definition) is 3. The van der Waals surface area contributed by atoms with Gasteiger partial charge in [0, 0.05) is 17.5 Å². The molecule has 0 fully saturated rings. The smallest absolute Gasteiger partial charge is 0.264 e. The van der Waals surface area contributed by atoms with E-state index in [1.54, 1.807) is 30.3 Å². The summed E-state index contributed by atoms with van der Waals surface area (Å²) in [5.41, 5.74) is 5.50. The number of carbonyl (C=O) groups is 2. The lowest BCUT2D eigenvalue weighted by atomic mass is 10.2. The van der Waals surface area contributed by atoms with E-state index < -0.39 is 5.91 Å². The van der Waals surface area contributed by atoms with Crippen LogP contribution < -0.4 is 5.73 Å². The van der Waals surface area contributed by atoms with E-state index in [9.17, 15) is 14.0 Å². The molecule has 4 nitrogen and oxygen atoms in total. The summed E-state index contributed by atoms with van der Waals surface area (Å²) < 4.78 is 13.7. The molecule has 0 aliphatic heterocycles. The third-order valence-electron chi connectivity index (χ3n) is 2.70. The number of hydrogen-bond donors (Lipinski definition) is 1. The number of nitrogens with zero attached hydrogens (tertiary/aromatic N) is 1. The van der Waals surface area contributed by atoms with Crippen molar-refractivity contribution >= 4 is 23.2 Å². The highest BCUT2D eigenvalue weighted by molar-refractivity contribution is 7.17. The maximum atomic E-state index is 13.7. The summed E-state index contributed by atoms with van der Waals surface area (Å²) in [6.07, 6.45) is 0. The quantitative estimate of drug-likeness (QED) is 0.938. The van der Waals surface area contributed by atoms with Gasteiger partial charge >= 0.3 is 0 Å². The van der Waals surface area contributed by atoms with Gasteiger partial charge in [0.25, 0.3) is 5.91 Å². The molecular formula is C14H13FN2O2S. The van der Waals surface area contributed by atoms with Crippen LogP contribution in [0.3, 0.4) is 0 Å². The van der Waals surface area contributed by atoms with Crippen molar-refractivity contribution in [2.45, 2.75) is 0 Å². The second-order valence-corrected chi connectivity index (χ2v) is 5.36. The van der Waals surface area contributed by atoms with Crippen molar-refractivity contribution < 1.29 is 14.0 Å². The molecule has 20 heavy (non-hydrogen) atoms. The Hall–Kier alpha value is -2.21. The molecule has 1 aromatic carbocycles. The summed E-state index contributed by atoms with van der Waals surface area (Å²) in [5.74, 6) is -1.22. The summed E-state index contributed by atoms with van der Waals surface area (Å²) in [6.45, 7) is -0.147. The molecule has 0 saturated heterocycles. The minimum absolute atomic E-state index is 0.147. The third-order valence-corrected chi connectivity index (χ3v) is 3.80. The molecule has 0 aliphatic carbocycles. The molecule has 0 atom stereocenters. The van der Waals surface area contributed by atoms with E-state index in [1.165, 1.54) is 29.4 Å². The van der Waals surface area contributed by atoms with Crippen LogP contribution in [0.25, 0.3) is 10.4 Å². The number of nitrogens with two attached hydrogens (primary N) is 1. The maximum absolute atomic E-state index is 13.7. The zero-order chi connectivity index (χ0) is 14.7. The number of halogens is 1. The first-order valence-corrected chi connectivity index (χ1v) is 6.69. The predicted molar refractivity (Wildman–Crippen MR) is 75.9 cm³/mol. The summed E-state index contributed by atoms with van der Waals surface area (Å²) in [5, 5.41) is 0. The number of rotatable bonds is 4. The number of carbonyl (C=O) groups excluding carboxylic acids is 2. The fourth-order valence-corrected chi connectivity index (χ4v) is 2.78. The van der Waals surface area contributed by atoms with Crippen molar-refractivity contribution in [1.29, 1.82) is 0 Å². The van der Waals surface area contributed by atoms with Crippen molar-refractivity contribution in [3.63, 3.8) is 0 Å². The van der Waals surface area contributed by atoms with Crippen LogP contribution in [-0.2, 0) is 4.79 Å². The minimum Gasteiger partial charge on any atom is -0.368 e. The summed E-state index contributed by atoms with van der Waals surface area (Å²) in [7, 11) is 1.50. The Kier molecular flexibility index (Phi) is 4.14. The Morgan fingerprint density at radius 1 is 1.25 bits per heavy atom. The molecule has 0 spiro atoms. The van der Waals surface area contributed by atoms with Gasteiger partial charge in [0.2, 0.25) is 5.91 Å². The second-order valence-electron chi connectivity index (χ2n) is 4.27. The number of primary amides is 1. The van der Waals surface area contributed by atoms with Crippen molar-refractivity contribution in [2.24, 2.45) is 5.73 Å². The first-order valence-electron chi connectivity index (χ1n) is 5.87. The van der Waals surface area contributed by atoms with Crippen molar-refractivity contribution in [3.05, 3.63) is 47.1 Å². The van der Waals surface area contributed by atoms with Crippen LogP contribution in [-0.4, -0.2) is 30.3 Å². The highest BCUT2D eigenvalue weighted by atomic mass is 32.1. The maximum Gasteiger partial charge on any atom is 0.264 e. The van der Waals surface area contributed by atoms with Crippen LogP contribution in [0.1, 0.15) is 9.67 Å². The highest BCUT2D eigenvalue weighted by Gasteiger charge is 2.17. The molecule has 0 aliphatic rings. The van der Waals surface area contributed by atoms with Gasteiger partial charge in [0.1, 0.15) is 5.82 Å². The van der Waals surface area contributed by atoms with Gasteiger partial charge in [0.05, 0.1) is 11.4 Å². The highest BCUT2D eigenvalue weighted by Crippen LogP contribution is 2.30. The van der Waals surface area contributed by atoms with Gasteiger partial charge in [-0.2, -0.15) is 0 Å². The molecule has 2 rings (SSSR count). The monoisotopic (exact) mass is 292 g/mol. The van der Waals surface area contributed by atoms with Crippen LogP contribution in [0.15, 0.2) is 36.4 Å². The van der Waals surface area contributed by atoms with E-state index in [1.807, 2.05) is 0 Å². The molecule has 2 N–H and O–H groups in total. The number of amides is 2. The van der Waals surface area contributed by atoms with Gasteiger partial charge in [0.15, 0.2) is 0 Å². The van der Waals surface area contributed by atoms with E-state index in [0.29, 0.717) is 15.3 Å². The molecule has 0 radical (unpaired) electrons. The Bertz CT molecular complexity index is 654. The lowest BCUT2D eigenvalue weighted by molar-refractivity contribution is -0.118. The van der Waals surface area contributed by atoms with Gasteiger partial charge in [-0.3, -0.25) is 9.59 Å². The lowest BCUT2D eigenvalue weighted by Gasteiger charge is -2.13. The Morgan fingerprint density at radius 2 is 1.95 bits per heavy atom. The van der Waals surface area contributed by atoms with E-state index in [0.717, 1.165) is 0 Å². The molecule has 1 aromatic heterocycles. The number of benzene rings is 1. The predicted octanol–water partition coefficient (Wildman–Crippen LogP) is 2.11. The molecule has 1 heterocycles. The largest absolute Gasteiger partial charge is 0.368 e. The average Bonchev–Trinajstić information content (AvgIpc) is 2.87. The van der Waals surface area contributed by atoms with Crippen LogP contribution >= 0.6 is 11.3 Å². The molecule has 0 saturated carbocycles. The van der Waals surface area contributed by atoms with Crippen LogP contribution in [0.4, 0.5) is 4.39 Å². The average molecular weight is 292 g/mol. The molecule has 2 aromatic rings. The van der Waals surface area contributed by atoms with E-state index in [2.05, 4.69) is 0 Å². The molecule has 6 heteroatoms. The Morgan fingerprint density at radius 3 is 2.60 bits per heavy atom. The third kappa shape index (κ3) is 3.03. The molecule has 0 unspecified atom stereocenters. The zero-order valence-corrected chi connectivity index (χ0v) is 11.6. The Balaban J connectivity index is 2.23. The van der Waals surface area contributed by atoms with E-state index in [4.69, 9.17) is 5.73 Å². The number of thiophene rings is 1. The molecule has 2 amide bonds. The Labute approximate surface area is 119 Å². The van der Waals surface area contributed by atoms with Gasteiger partial charge in [-0.1, -0.05) is 18.2 Å². The molecule has 0 bridgehead atoms. The topological polar surface area (TPSA) is 63.4 Å². The van der Waals surface area contributed by atoms with Gasteiger partial charge in [-0.25, -0.2) is 4.39 Å². The zero-order valence-electron chi connectivity index (χ0n) is 10.8. The van der Waals surface area contributed by atoms with Gasteiger partial charge in [-0.05, 0) is 18.2 Å². The lowest BCUT2D eigenvalue weighted by Crippen LogP contribution is -2.34. The van der Waals surface area contributed by atoms with Gasteiger partial charge < -0.3 is 10.6 Å². The number of likely N-dealkylation sites (N-methyl/N-ethyl adjacent to an activating group) is 1. The van der Waals surface area contributed by atoms with Crippen molar-refractivity contribution in [2.75, 3.05) is 13.6 Å². The minimum atomic E-state index is -0.577. The normalized spacial score (nSPS) is 10.3. The van der Waals surface area contributed by atoms with Crippen molar-refractivity contribution in [3.8, 4) is 10.4 Å². The van der Waals surface area contributed by atoms with Crippen LogP contribution in [0.2, 0.25) is 0 Å². The van der Waals surface area contributed by atoms with Crippen LogP contribution in [0, 0.1) is 5.82 Å². The fraction of sp³-hybridized carbons (Fsp3) is 0.143.